The Labute approximate surface area is 179 Å². The number of nitrogens with one attached hydrogen (secondary N) is 1. The SMILES string of the molecule is CC(C)(C)OC(=O)Nc1cc2ccc1CCc1ccc(c(-c3ccccc3)c1)CC2. The van der Waals surface area contributed by atoms with Gasteiger partial charge >= 0.3 is 6.09 Å². The molecule has 3 heteroatoms. The lowest BCUT2D eigenvalue weighted by atomic mass is 9.90. The average Bonchev–Trinajstić information content (AvgIpc) is 2.69. The summed E-state index contributed by atoms with van der Waals surface area (Å²) in [5.74, 6) is 0. The van der Waals surface area contributed by atoms with Crippen molar-refractivity contribution in [1.29, 1.82) is 0 Å². The molecule has 3 aromatic rings. The summed E-state index contributed by atoms with van der Waals surface area (Å²) < 4.78 is 5.47. The van der Waals surface area contributed by atoms with Crippen LogP contribution in [0.5, 0.6) is 0 Å². The lowest BCUT2D eigenvalue weighted by Gasteiger charge is -2.21. The van der Waals surface area contributed by atoms with E-state index in [0.717, 1.165) is 36.9 Å². The fourth-order valence-corrected chi connectivity index (χ4v) is 3.97. The molecule has 154 valence electrons. The Hall–Kier alpha value is -3.07. The summed E-state index contributed by atoms with van der Waals surface area (Å²) in [6.07, 6.45) is 3.25. The normalized spacial score (nSPS) is 13.4. The van der Waals surface area contributed by atoms with Gasteiger partial charge in [-0.15, -0.1) is 0 Å². The number of rotatable bonds is 2. The number of ether oxygens (including phenoxy) is 1. The second-order valence-corrected chi connectivity index (χ2v) is 8.98. The van der Waals surface area contributed by atoms with Crippen molar-refractivity contribution in [3.8, 4) is 11.1 Å². The second-order valence-electron chi connectivity index (χ2n) is 8.98. The van der Waals surface area contributed by atoms with E-state index in [2.05, 4.69) is 72.0 Å². The zero-order valence-corrected chi connectivity index (χ0v) is 18.0. The minimum absolute atomic E-state index is 0.400. The lowest BCUT2D eigenvalue weighted by molar-refractivity contribution is 0.0636. The van der Waals surface area contributed by atoms with E-state index >= 15 is 0 Å². The highest BCUT2D eigenvalue weighted by atomic mass is 16.6. The molecule has 0 spiro atoms. The Morgan fingerprint density at radius 3 is 2.13 bits per heavy atom. The highest BCUT2D eigenvalue weighted by Crippen LogP contribution is 2.29. The third-order valence-corrected chi connectivity index (χ3v) is 5.43. The number of aryl methyl sites for hydroxylation is 4. The van der Waals surface area contributed by atoms with Crippen LogP contribution in [0.25, 0.3) is 11.1 Å². The van der Waals surface area contributed by atoms with Crippen LogP contribution < -0.4 is 5.32 Å². The second kappa shape index (κ2) is 8.35. The lowest BCUT2D eigenvalue weighted by Crippen LogP contribution is -2.27. The predicted octanol–water partition coefficient (Wildman–Crippen LogP) is 6.58. The summed E-state index contributed by atoms with van der Waals surface area (Å²) in [4.78, 5) is 12.4. The monoisotopic (exact) mass is 399 g/mol. The standard InChI is InChI=1S/C27H29NO2/c1-27(2,3)30-26(29)28-25-18-20-10-14-22-13-9-19(11-15-23(25)16-12-20)17-24(22)21-7-5-4-6-8-21/h4-9,12-13,16-18H,10-11,14-15H2,1-3H3,(H,28,29). The van der Waals surface area contributed by atoms with E-state index in [1.807, 2.05) is 20.8 Å². The van der Waals surface area contributed by atoms with E-state index in [0.29, 0.717) is 0 Å². The molecule has 0 aliphatic heterocycles. The maximum Gasteiger partial charge on any atom is 0.412 e. The fourth-order valence-electron chi connectivity index (χ4n) is 3.97. The molecule has 0 heterocycles. The third-order valence-electron chi connectivity index (χ3n) is 5.43. The molecule has 4 bridgehead atoms. The topological polar surface area (TPSA) is 38.3 Å². The van der Waals surface area contributed by atoms with Crippen LogP contribution in [0, 0.1) is 0 Å². The van der Waals surface area contributed by atoms with Gasteiger partial charge in [-0.2, -0.15) is 0 Å². The average molecular weight is 400 g/mol. The number of hydrogen-bond acceptors (Lipinski definition) is 2. The van der Waals surface area contributed by atoms with Crippen molar-refractivity contribution in [3.05, 3.63) is 89.0 Å². The Bertz CT molecular complexity index is 1050. The minimum Gasteiger partial charge on any atom is -0.444 e. The Kier molecular flexibility index (Phi) is 5.63. The summed E-state index contributed by atoms with van der Waals surface area (Å²) in [6.45, 7) is 5.64. The number of carbonyl (C=O) groups excluding carboxylic acids is 1. The maximum absolute atomic E-state index is 12.4. The Morgan fingerprint density at radius 2 is 1.43 bits per heavy atom. The van der Waals surface area contributed by atoms with E-state index in [1.165, 1.54) is 27.8 Å². The predicted molar refractivity (Wildman–Crippen MR) is 123 cm³/mol. The van der Waals surface area contributed by atoms with Gasteiger partial charge in [-0.1, -0.05) is 60.7 Å². The number of benzene rings is 3. The quantitative estimate of drug-likeness (QED) is 0.528. The minimum atomic E-state index is -0.516. The fraction of sp³-hybridized carbons (Fsp3) is 0.296. The van der Waals surface area contributed by atoms with Crippen molar-refractivity contribution >= 4 is 11.8 Å². The van der Waals surface area contributed by atoms with Gasteiger partial charge in [0.05, 0.1) is 0 Å². The number of carbonyl (C=O) groups is 1. The van der Waals surface area contributed by atoms with Gasteiger partial charge in [0.15, 0.2) is 0 Å². The molecule has 1 amide bonds. The molecular weight excluding hydrogens is 370 g/mol. The van der Waals surface area contributed by atoms with E-state index in [1.54, 1.807) is 0 Å². The first-order chi connectivity index (χ1) is 14.4. The van der Waals surface area contributed by atoms with Crippen LogP contribution in [0.3, 0.4) is 0 Å². The first-order valence-corrected chi connectivity index (χ1v) is 10.7. The molecule has 7 rings (SSSR count). The van der Waals surface area contributed by atoms with Gasteiger partial charge in [0.2, 0.25) is 0 Å². The van der Waals surface area contributed by atoms with Crippen LogP contribution in [-0.2, 0) is 30.4 Å². The van der Waals surface area contributed by atoms with Gasteiger partial charge in [-0.05, 0) is 85.9 Å². The van der Waals surface area contributed by atoms with Crippen molar-refractivity contribution in [1.82, 2.24) is 0 Å². The van der Waals surface area contributed by atoms with Crippen molar-refractivity contribution in [2.24, 2.45) is 0 Å². The van der Waals surface area contributed by atoms with Crippen LogP contribution >= 0.6 is 0 Å². The van der Waals surface area contributed by atoms with Gasteiger partial charge in [0.1, 0.15) is 5.60 Å². The van der Waals surface area contributed by atoms with Gasteiger partial charge in [-0.3, -0.25) is 5.32 Å². The van der Waals surface area contributed by atoms with Gasteiger partial charge in [-0.25, -0.2) is 4.79 Å². The zero-order valence-electron chi connectivity index (χ0n) is 18.0. The summed E-state index contributed by atoms with van der Waals surface area (Å²) in [5, 5.41) is 2.98. The molecule has 4 aliphatic rings. The van der Waals surface area contributed by atoms with E-state index in [9.17, 15) is 4.79 Å². The number of amides is 1. The highest BCUT2D eigenvalue weighted by Gasteiger charge is 2.18. The number of anilines is 1. The summed E-state index contributed by atoms with van der Waals surface area (Å²) in [6, 6.07) is 23.9. The molecule has 3 aromatic carbocycles. The molecule has 0 radical (unpaired) electrons. The van der Waals surface area contributed by atoms with Crippen molar-refractivity contribution in [2.45, 2.75) is 52.1 Å². The van der Waals surface area contributed by atoms with Gasteiger partial charge in [0.25, 0.3) is 0 Å². The molecule has 0 fully saturated rings. The summed E-state index contributed by atoms with van der Waals surface area (Å²) >= 11 is 0. The largest absolute Gasteiger partial charge is 0.444 e. The smallest absolute Gasteiger partial charge is 0.412 e. The van der Waals surface area contributed by atoms with Crippen molar-refractivity contribution in [2.75, 3.05) is 5.32 Å². The first-order valence-electron chi connectivity index (χ1n) is 10.7. The molecule has 0 atom stereocenters. The molecular formula is C27H29NO2. The molecule has 0 aromatic heterocycles. The summed E-state index contributed by atoms with van der Waals surface area (Å²) in [7, 11) is 0. The Morgan fingerprint density at radius 1 is 0.800 bits per heavy atom. The number of hydrogen-bond donors (Lipinski definition) is 1. The Balaban J connectivity index is 1.64. The molecule has 4 aliphatic carbocycles. The molecule has 1 N–H and O–H groups in total. The van der Waals surface area contributed by atoms with Crippen molar-refractivity contribution in [3.63, 3.8) is 0 Å². The van der Waals surface area contributed by atoms with Gasteiger partial charge in [0, 0.05) is 5.69 Å². The molecule has 0 unspecified atom stereocenters. The maximum atomic E-state index is 12.4. The van der Waals surface area contributed by atoms with Crippen molar-refractivity contribution < 1.29 is 9.53 Å². The van der Waals surface area contributed by atoms with Crippen LogP contribution in [0.4, 0.5) is 10.5 Å². The summed E-state index contributed by atoms with van der Waals surface area (Å²) in [5.41, 5.74) is 7.96. The van der Waals surface area contributed by atoms with E-state index in [-0.39, 0.29) is 0 Å². The highest BCUT2D eigenvalue weighted by molar-refractivity contribution is 5.86. The van der Waals surface area contributed by atoms with Gasteiger partial charge < -0.3 is 4.74 Å². The van der Waals surface area contributed by atoms with Crippen LogP contribution in [0.2, 0.25) is 0 Å². The zero-order chi connectivity index (χ0) is 21.1. The van der Waals surface area contributed by atoms with Crippen LogP contribution in [-0.4, -0.2) is 11.7 Å². The first kappa shape index (κ1) is 20.2. The molecule has 30 heavy (non-hydrogen) atoms. The third kappa shape index (κ3) is 4.91. The molecule has 0 saturated carbocycles. The molecule has 0 saturated heterocycles. The molecule has 3 nitrogen and oxygen atoms in total. The van der Waals surface area contributed by atoms with E-state index < -0.39 is 11.7 Å². The van der Waals surface area contributed by atoms with E-state index in [4.69, 9.17) is 4.74 Å². The van der Waals surface area contributed by atoms with Crippen LogP contribution in [0.1, 0.15) is 43.0 Å². The van der Waals surface area contributed by atoms with Crippen LogP contribution in [0.15, 0.2) is 66.7 Å².